The van der Waals surface area contributed by atoms with Crippen LogP contribution in [0, 0.1) is 0 Å². The molecule has 1 fully saturated rings. The van der Waals surface area contributed by atoms with Crippen LogP contribution in [-0.4, -0.2) is 16.1 Å². The number of hydrogen-bond acceptors (Lipinski definition) is 4. The number of thiazole rings is 1. The van der Waals surface area contributed by atoms with E-state index in [2.05, 4.69) is 4.98 Å². The van der Waals surface area contributed by atoms with E-state index in [1.165, 1.54) is 46.1 Å². The molecule has 0 spiro atoms. The number of benzene rings is 1. The van der Waals surface area contributed by atoms with Crippen LogP contribution in [0.4, 0.5) is 15.6 Å². The van der Waals surface area contributed by atoms with Gasteiger partial charge in [-0.25, -0.2) is 14.7 Å². The summed E-state index contributed by atoms with van der Waals surface area (Å²) in [5.41, 5.74) is 6.03. The Kier molecular flexibility index (Phi) is 2.87. The van der Waals surface area contributed by atoms with Crippen LogP contribution in [0.2, 0.25) is 0 Å². The molecule has 0 unspecified atom stereocenters. The van der Waals surface area contributed by atoms with E-state index in [0.717, 1.165) is 0 Å². The average Bonchev–Trinajstić information content (AvgIpc) is 3.12. The average molecular weight is 275 g/mol. The fraction of sp³-hybridized carbons (Fsp3) is 0.231. The molecule has 19 heavy (non-hydrogen) atoms. The lowest BCUT2D eigenvalue weighted by Crippen LogP contribution is -2.31. The van der Waals surface area contributed by atoms with E-state index in [1.54, 1.807) is 12.1 Å². The molecule has 3 N–H and O–H groups in total. The van der Waals surface area contributed by atoms with Gasteiger partial charge >= 0.3 is 6.03 Å². The number of phenols is 1. The summed E-state index contributed by atoms with van der Waals surface area (Å²) in [5, 5.41) is 9.85. The first-order valence-electron chi connectivity index (χ1n) is 5.99. The van der Waals surface area contributed by atoms with Gasteiger partial charge in [-0.3, -0.25) is 0 Å². The number of amides is 2. The van der Waals surface area contributed by atoms with Gasteiger partial charge in [0.15, 0.2) is 5.13 Å². The molecule has 1 aliphatic carbocycles. The third kappa shape index (κ3) is 2.39. The van der Waals surface area contributed by atoms with Crippen LogP contribution in [0.1, 0.15) is 23.6 Å². The van der Waals surface area contributed by atoms with Crippen molar-refractivity contribution in [2.45, 2.75) is 18.8 Å². The smallest absolute Gasteiger partial charge is 0.325 e. The Morgan fingerprint density at radius 2 is 2.05 bits per heavy atom. The van der Waals surface area contributed by atoms with Crippen molar-refractivity contribution in [1.82, 2.24) is 4.98 Å². The van der Waals surface area contributed by atoms with Crippen molar-refractivity contribution in [1.29, 1.82) is 0 Å². The summed E-state index contributed by atoms with van der Waals surface area (Å²) < 4.78 is 0. The first-order valence-corrected chi connectivity index (χ1v) is 6.81. The van der Waals surface area contributed by atoms with Crippen LogP contribution in [0.5, 0.6) is 5.75 Å². The number of rotatable bonds is 3. The predicted octanol–water partition coefficient (Wildman–Crippen LogP) is 2.94. The van der Waals surface area contributed by atoms with Crippen molar-refractivity contribution in [3.8, 4) is 5.75 Å². The molecule has 1 saturated carbocycles. The van der Waals surface area contributed by atoms with Gasteiger partial charge in [-0.15, -0.1) is 11.3 Å². The van der Waals surface area contributed by atoms with Crippen molar-refractivity contribution in [2.24, 2.45) is 5.73 Å². The lowest BCUT2D eigenvalue weighted by Gasteiger charge is -2.17. The Balaban J connectivity index is 1.95. The maximum absolute atomic E-state index is 11.6. The molecule has 3 rings (SSSR count). The number of urea groups is 1. The van der Waals surface area contributed by atoms with Crippen molar-refractivity contribution in [3.63, 3.8) is 0 Å². The second kappa shape index (κ2) is 4.55. The number of phenolic OH excluding ortho intramolecular Hbond substituents is 1. The zero-order chi connectivity index (χ0) is 13.4. The van der Waals surface area contributed by atoms with E-state index in [-0.39, 0.29) is 5.75 Å². The van der Waals surface area contributed by atoms with Gasteiger partial charge in [0.1, 0.15) is 5.75 Å². The SMILES string of the molecule is NC(=O)N(c1ccc(O)cc1)c1ncc(C2CC2)s1. The van der Waals surface area contributed by atoms with Gasteiger partial charge in [-0.05, 0) is 43.0 Å². The highest BCUT2D eigenvalue weighted by Gasteiger charge is 2.27. The fourth-order valence-corrected chi connectivity index (χ4v) is 2.98. The highest BCUT2D eigenvalue weighted by molar-refractivity contribution is 7.16. The molecule has 98 valence electrons. The molecule has 0 radical (unpaired) electrons. The minimum absolute atomic E-state index is 0.144. The second-order valence-electron chi connectivity index (χ2n) is 4.51. The normalized spacial score (nSPS) is 14.3. The molecule has 1 aromatic carbocycles. The number of nitrogens with zero attached hydrogens (tertiary/aromatic N) is 2. The number of primary amides is 1. The minimum Gasteiger partial charge on any atom is -0.508 e. The molecular weight excluding hydrogens is 262 g/mol. The summed E-state index contributed by atoms with van der Waals surface area (Å²) in [6.45, 7) is 0. The zero-order valence-electron chi connectivity index (χ0n) is 10.1. The molecule has 5 nitrogen and oxygen atoms in total. The maximum Gasteiger partial charge on any atom is 0.325 e. The van der Waals surface area contributed by atoms with E-state index < -0.39 is 6.03 Å². The highest BCUT2D eigenvalue weighted by Crippen LogP contribution is 2.44. The Bertz CT molecular complexity index is 605. The van der Waals surface area contributed by atoms with Crippen LogP contribution >= 0.6 is 11.3 Å². The summed E-state index contributed by atoms with van der Waals surface area (Å²) in [4.78, 5) is 18.5. The lowest BCUT2D eigenvalue weighted by molar-refractivity contribution is 0.256. The molecule has 6 heteroatoms. The van der Waals surface area contributed by atoms with Gasteiger partial charge < -0.3 is 10.8 Å². The zero-order valence-corrected chi connectivity index (χ0v) is 10.9. The number of aromatic hydroxyl groups is 1. The highest BCUT2D eigenvalue weighted by atomic mass is 32.1. The lowest BCUT2D eigenvalue weighted by atomic mass is 10.3. The fourth-order valence-electron chi connectivity index (χ4n) is 1.87. The minimum atomic E-state index is -0.581. The summed E-state index contributed by atoms with van der Waals surface area (Å²) in [5.74, 6) is 0.742. The van der Waals surface area contributed by atoms with Crippen molar-refractivity contribution < 1.29 is 9.90 Å². The summed E-state index contributed by atoms with van der Waals surface area (Å²) in [7, 11) is 0. The number of aromatic nitrogens is 1. The molecule has 2 aromatic rings. The predicted molar refractivity (Wildman–Crippen MR) is 73.9 cm³/mol. The van der Waals surface area contributed by atoms with E-state index in [4.69, 9.17) is 5.73 Å². The summed E-state index contributed by atoms with van der Waals surface area (Å²) >= 11 is 1.49. The number of carbonyl (C=O) groups excluding carboxylic acids is 1. The van der Waals surface area contributed by atoms with E-state index in [0.29, 0.717) is 16.7 Å². The van der Waals surface area contributed by atoms with Gasteiger partial charge in [0.2, 0.25) is 0 Å². The maximum atomic E-state index is 11.6. The van der Waals surface area contributed by atoms with E-state index in [9.17, 15) is 9.90 Å². The molecule has 2 amide bonds. The molecule has 0 bridgehead atoms. The Hall–Kier alpha value is -2.08. The molecule has 1 heterocycles. The first-order chi connectivity index (χ1) is 9.15. The standard InChI is InChI=1S/C13H13N3O2S/c14-12(18)16(9-3-5-10(17)6-4-9)13-15-7-11(19-13)8-1-2-8/h3-8,17H,1-2H2,(H2,14,18). The van der Waals surface area contributed by atoms with Crippen molar-refractivity contribution in [2.75, 3.05) is 4.90 Å². The third-order valence-electron chi connectivity index (χ3n) is 3.01. The van der Waals surface area contributed by atoms with Crippen LogP contribution in [0.15, 0.2) is 30.5 Å². The van der Waals surface area contributed by atoms with Crippen LogP contribution < -0.4 is 10.6 Å². The van der Waals surface area contributed by atoms with Gasteiger partial charge in [0.05, 0.1) is 5.69 Å². The molecular formula is C13H13N3O2S. The van der Waals surface area contributed by atoms with Crippen LogP contribution in [0.3, 0.4) is 0 Å². The van der Waals surface area contributed by atoms with Crippen molar-refractivity contribution >= 4 is 28.2 Å². The molecule has 0 atom stereocenters. The molecule has 0 saturated heterocycles. The van der Waals surface area contributed by atoms with E-state index >= 15 is 0 Å². The Labute approximate surface area is 114 Å². The number of nitrogens with two attached hydrogens (primary N) is 1. The largest absolute Gasteiger partial charge is 0.508 e. The third-order valence-corrected chi connectivity index (χ3v) is 4.16. The summed E-state index contributed by atoms with van der Waals surface area (Å²) in [6.07, 6.45) is 4.20. The van der Waals surface area contributed by atoms with Gasteiger partial charge in [0.25, 0.3) is 0 Å². The van der Waals surface area contributed by atoms with Gasteiger partial charge in [0, 0.05) is 11.1 Å². The Morgan fingerprint density at radius 3 is 2.63 bits per heavy atom. The monoisotopic (exact) mass is 275 g/mol. The molecule has 1 aliphatic rings. The quantitative estimate of drug-likeness (QED) is 0.903. The number of hydrogen-bond donors (Lipinski definition) is 2. The first kappa shape index (κ1) is 12.0. The number of carbonyl (C=O) groups is 1. The molecule has 1 aromatic heterocycles. The van der Waals surface area contributed by atoms with Crippen molar-refractivity contribution in [3.05, 3.63) is 35.3 Å². The Morgan fingerprint density at radius 1 is 1.37 bits per heavy atom. The van der Waals surface area contributed by atoms with Crippen LogP contribution in [0.25, 0.3) is 0 Å². The molecule has 0 aliphatic heterocycles. The topological polar surface area (TPSA) is 79.5 Å². The number of anilines is 2. The van der Waals surface area contributed by atoms with Crippen LogP contribution in [-0.2, 0) is 0 Å². The summed E-state index contributed by atoms with van der Waals surface area (Å²) in [6, 6.07) is 5.72. The van der Waals surface area contributed by atoms with Gasteiger partial charge in [-0.1, -0.05) is 0 Å². The van der Waals surface area contributed by atoms with E-state index in [1.807, 2.05) is 6.20 Å². The van der Waals surface area contributed by atoms with Gasteiger partial charge in [-0.2, -0.15) is 0 Å². The second-order valence-corrected chi connectivity index (χ2v) is 5.55.